The highest BCUT2D eigenvalue weighted by Crippen LogP contribution is 2.22. The predicted molar refractivity (Wildman–Crippen MR) is 109 cm³/mol. The fraction of sp³-hybridized carbons (Fsp3) is 0.286. The molecule has 2 amide bonds. The third-order valence-electron chi connectivity index (χ3n) is 5.05. The molecular formula is C21H21ClN4O2. The second-order valence-electron chi connectivity index (χ2n) is 7.01. The van der Waals surface area contributed by atoms with Crippen LogP contribution in [0.2, 0.25) is 5.02 Å². The summed E-state index contributed by atoms with van der Waals surface area (Å²) < 4.78 is 1.66. The number of likely N-dealkylation sites (tertiary alicyclic amines) is 1. The number of rotatable bonds is 3. The summed E-state index contributed by atoms with van der Waals surface area (Å²) in [6.07, 6.45) is 4.88. The molecule has 0 unspecified atom stereocenters. The van der Waals surface area contributed by atoms with Gasteiger partial charge in [-0.15, -0.1) is 0 Å². The van der Waals surface area contributed by atoms with Crippen LogP contribution in [0, 0.1) is 6.92 Å². The van der Waals surface area contributed by atoms with Gasteiger partial charge < -0.3 is 10.2 Å². The molecule has 28 heavy (non-hydrogen) atoms. The van der Waals surface area contributed by atoms with Gasteiger partial charge in [0.05, 0.1) is 5.52 Å². The molecule has 2 aromatic heterocycles. The largest absolute Gasteiger partial charge is 0.337 e. The second kappa shape index (κ2) is 7.64. The number of halogens is 1. The molecule has 0 saturated carbocycles. The van der Waals surface area contributed by atoms with Crippen molar-refractivity contribution in [3.8, 4) is 0 Å². The molecule has 3 aromatic rings. The van der Waals surface area contributed by atoms with Gasteiger partial charge in [0, 0.05) is 30.0 Å². The third kappa shape index (κ3) is 3.47. The summed E-state index contributed by atoms with van der Waals surface area (Å²) >= 11 is 6.05. The van der Waals surface area contributed by atoms with Crippen LogP contribution in [-0.2, 0) is 0 Å². The van der Waals surface area contributed by atoms with Crippen LogP contribution >= 0.6 is 11.6 Å². The van der Waals surface area contributed by atoms with Gasteiger partial charge in [0.2, 0.25) is 5.82 Å². The number of imidazole rings is 1. The number of aryl methyl sites for hydroxylation is 1. The number of piperidine rings is 1. The van der Waals surface area contributed by atoms with E-state index in [-0.39, 0.29) is 17.6 Å². The number of hydrogen-bond donors (Lipinski definition) is 1. The molecule has 1 saturated heterocycles. The summed E-state index contributed by atoms with van der Waals surface area (Å²) in [4.78, 5) is 32.2. The van der Waals surface area contributed by atoms with Crippen LogP contribution in [0.25, 0.3) is 5.52 Å². The molecule has 1 aliphatic rings. The number of amides is 2. The van der Waals surface area contributed by atoms with E-state index in [0.717, 1.165) is 37.9 Å². The van der Waals surface area contributed by atoms with Gasteiger partial charge in [-0.25, -0.2) is 4.98 Å². The van der Waals surface area contributed by atoms with Crippen molar-refractivity contribution in [1.82, 2.24) is 14.3 Å². The summed E-state index contributed by atoms with van der Waals surface area (Å²) in [5, 5.41) is 3.40. The lowest BCUT2D eigenvalue weighted by Gasteiger charge is -2.25. The van der Waals surface area contributed by atoms with Crippen molar-refractivity contribution in [3.63, 3.8) is 0 Å². The number of hydrogen-bond acceptors (Lipinski definition) is 3. The van der Waals surface area contributed by atoms with Crippen LogP contribution in [0.15, 0.2) is 42.6 Å². The molecule has 0 bridgehead atoms. The molecule has 144 valence electrons. The fourth-order valence-electron chi connectivity index (χ4n) is 3.51. The SMILES string of the molecule is Cc1ccc(Cl)cc1NC(=O)c1nc(C(=O)N2CCCCC2)c2ccccn12. The topological polar surface area (TPSA) is 66.7 Å². The first kappa shape index (κ1) is 18.5. The highest BCUT2D eigenvalue weighted by Gasteiger charge is 2.26. The van der Waals surface area contributed by atoms with E-state index in [2.05, 4.69) is 10.3 Å². The first-order chi connectivity index (χ1) is 13.5. The van der Waals surface area contributed by atoms with E-state index < -0.39 is 0 Å². The van der Waals surface area contributed by atoms with Crippen molar-refractivity contribution in [3.05, 3.63) is 64.7 Å². The fourth-order valence-corrected chi connectivity index (χ4v) is 3.68. The summed E-state index contributed by atoms with van der Waals surface area (Å²) in [6.45, 7) is 3.35. The molecule has 7 heteroatoms. The van der Waals surface area contributed by atoms with Crippen LogP contribution in [0.5, 0.6) is 0 Å². The zero-order valence-corrected chi connectivity index (χ0v) is 16.4. The van der Waals surface area contributed by atoms with E-state index in [4.69, 9.17) is 11.6 Å². The van der Waals surface area contributed by atoms with Crippen LogP contribution < -0.4 is 5.32 Å². The van der Waals surface area contributed by atoms with Crippen LogP contribution in [0.3, 0.4) is 0 Å². The van der Waals surface area contributed by atoms with Gasteiger partial charge in [0.1, 0.15) is 0 Å². The van der Waals surface area contributed by atoms with Crippen LogP contribution in [0.4, 0.5) is 5.69 Å². The first-order valence-electron chi connectivity index (χ1n) is 9.38. The number of anilines is 1. The van der Waals surface area contributed by atoms with Crippen molar-refractivity contribution in [2.75, 3.05) is 18.4 Å². The third-order valence-corrected chi connectivity index (χ3v) is 5.28. The predicted octanol–water partition coefficient (Wildman–Crippen LogP) is 4.17. The lowest BCUT2D eigenvalue weighted by Crippen LogP contribution is -2.36. The Hall–Kier alpha value is -2.86. The number of aromatic nitrogens is 2. The maximum absolute atomic E-state index is 13.0. The maximum Gasteiger partial charge on any atom is 0.292 e. The van der Waals surface area contributed by atoms with Crippen LogP contribution in [0.1, 0.15) is 45.9 Å². The minimum Gasteiger partial charge on any atom is -0.337 e. The normalized spacial score (nSPS) is 14.3. The quantitative estimate of drug-likeness (QED) is 0.722. The van der Waals surface area contributed by atoms with Crippen molar-refractivity contribution in [1.29, 1.82) is 0 Å². The number of carbonyl (C=O) groups excluding carboxylic acids is 2. The Kier molecular flexibility index (Phi) is 5.05. The zero-order chi connectivity index (χ0) is 19.7. The van der Waals surface area contributed by atoms with E-state index in [1.165, 1.54) is 0 Å². The Bertz CT molecular complexity index is 1050. The number of nitrogens with zero attached hydrogens (tertiary/aromatic N) is 3. The second-order valence-corrected chi connectivity index (χ2v) is 7.44. The molecule has 0 radical (unpaired) electrons. The molecule has 0 spiro atoms. The average molecular weight is 397 g/mol. The van der Waals surface area contributed by atoms with Crippen molar-refractivity contribution in [2.24, 2.45) is 0 Å². The Labute approximate surface area is 168 Å². The van der Waals surface area contributed by atoms with Gasteiger partial charge in [0.25, 0.3) is 11.8 Å². The van der Waals surface area contributed by atoms with Gasteiger partial charge in [-0.3, -0.25) is 14.0 Å². The standard InChI is InChI=1S/C21H21ClN4O2/c1-14-8-9-15(22)13-16(14)23-20(27)19-24-18(17-7-3-6-12-26(17)19)21(28)25-10-4-2-5-11-25/h3,6-9,12-13H,2,4-5,10-11H2,1H3,(H,23,27). The lowest BCUT2D eigenvalue weighted by molar-refractivity contribution is 0.0721. The number of carbonyl (C=O) groups is 2. The minimum absolute atomic E-state index is 0.124. The molecule has 1 aromatic carbocycles. The number of fused-ring (bicyclic) bond motifs is 1. The van der Waals surface area contributed by atoms with Gasteiger partial charge in [-0.2, -0.15) is 0 Å². The van der Waals surface area contributed by atoms with Gasteiger partial charge in [-0.1, -0.05) is 23.7 Å². The van der Waals surface area contributed by atoms with E-state index in [1.807, 2.05) is 36.1 Å². The molecular weight excluding hydrogens is 376 g/mol. The summed E-state index contributed by atoms with van der Waals surface area (Å²) in [5.74, 6) is -0.332. The van der Waals surface area contributed by atoms with Crippen molar-refractivity contribution >= 4 is 34.6 Å². The number of pyridine rings is 1. The van der Waals surface area contributed by atoms with Gasteiger partial charge in [0.15, 0.2) is 5.69 Å². The highest BCUT2D eigenvalue weighted by molar-refractivity contribution is 6.31. The lowest BCUT2D eigenvalue weighted by atomic mass is 10.1. The highest BCUT2D eigenvalue weighted by atomic mass is 35.5. The maximum atomic E-state index is 13.0. The molecule has 1 fully saturated rings. The Morgan fingerprint density at radius 1 is 1.11 bits per heavy atom. The van der Waals surface area contributed by atoms with Gasteiger partial charge in [-0.05, 0) is 56.0 Å². The summed E-state index contributed by atoms with van der Waals surface area (Å²) in [6, 6.07) is 10.8. The monoisotopic (exact) mass is 396 g/mol. The van der Waals surface area contributed by atoms with E-state index in [0.29, 0.717) is 21.9 Å². The van der Waals surface area contributed by atoms with E-state index >= 15 is 0 Å². The zero-order valence-electron chi connectivity index (χ0n) is 15.6. The molecule has 1 aliphatic heterocycles. The number of nitrogens with one attached hydrogen (secondary N) is 1. The molecule has 1 N–H and O–H groups in total. The molecule has 0 aliphatic carbocycles. The van der Waals surface area contributed by atoms with E-state index in [1.54, 1.807) is 22.7 Å². The van der Waals surface area contributed by atoms with Crippen molar-refractivity contribution in [2.45, 2.75) is 26.2 Å². The molecule has 3 heterocycles. The molecule has 4 rings (SSSR count). The smallest absolute Gasteiger partial charge is 0.292 e. The minimum atomic E-state index is -0.385. The van der Waals surface area contributed by atoms with Gasteiger partial charge >= 0.3 is 0 Å². The summed E-state index contributed by atoms with van der Waals surface area (Å²) in [7, 11) is 0. The first-order valence-corrected chi connectivity index (χ1v) is 9.76. The van der Waals surface area contributed by atoms with Crippen LogP contribution in [-0.4, -0.2) is 39.2 Å². The Morgan fingerprint density at radius 2 is 1.89 bits per heavy atom. The Balaban J connectivity index is 1.70. The average Bonchev–Trinajstić information content (AvgIpc) is 3.11. The van der Waals surface area contributed by atoms with Crippen molar-refractivity contribution < 1.29 is 9.59 Å². The Morgan fingerprint density at radius 3 is 2.68 bits per heavy atom. The summed E-state index contributed by atoms with van der Waals surface area (Å²) in [5.41, 5.74) is 2.46. The molecule has 6 nitrogen and oxygen atoms in total. The molecule has 0 atom stereocenters. The van der Waals surface area contributed by atoms with E-state index in [9.17, 15) is 9.59 Å². The number of benzene rings is 1.